The maximum atomic E-state index is 11.4. The second-order valence-electron chi connectivity index (χ2n) is 6.29. The Morgan fingerprint density at radius 1 is 0.818 bits per heavy atom. The second-order valence-corrected chi connectivity index (χ2v) is 6.29. The van der Waals surface area contributed by atoms with Crippen LogP contribution in [0.15, 0.2) is 12.7 Å². The topological polar surface area (TPSA) is 26.3 Å². The van der Waals surface area contributed by atoms with Gasteiger partial charge in [0.1, 0.15) is 0 Å². The number of esters is 1. The van der Waals surface area contributed by atoms with E-state index < -0.39 is 0 Å². The summed E-state index contributed by atoms with van der Waals surface area (Å²) >= 11 is 0. The molecule has 0 atom stereocenters. The molecular formula is C20H38O2. The Morgan fingerprint density at radius 3 is 1.73 bits per heavy atom. The van der Waals surface area contributed by atoms with Gasteiger partial charge >= 0.3 is 5.97 Å². The zero-order valence-electron chi connectivity index (χ0n) is 14.9. The van der Waals surface area contributed by atoms with E-state index in [1.807, 2.05) is 0 Å². The summed E-state index contributed by atoms with van der Waals surface area (Å²) in [6.45, 7) is 6.36. The Balaban J connectivity index is 3.08. The molecule has 0 unspecified atom stereocenters. The molecule has 0 aliphatic heterocycles. The fourth-order valence-corrected chi connectivity index (χ4v) is 2.62. The van der Waals surface area contributed by atoms with Crippen LogP contribution in [-0.2, 0) is 9.53 Å². The third-order valence-electron chi connectivity index (χ3n) is 4.07. The summed E-state index contributed by atoms with van der Waals surface area (Å²) in [5, 5.41) is 0. The van der Waals surface area contributed by atoms with Crippen molar-refractivity contribution in [2.45, 2.75) is 103 Å². The van der Waals surface area contributed by atoms with Crippen LogP contribution in [0.1, 0.15) is 103 Å². The van der Waals surface area contributed by atoms with Gasteiger partial charge in [0.15, 0.2) is 0 Å². The highest BCUT2D eigenvalue weighted by Gasteiger charge is 2.01. The van der Waals surface area contributed by atoms with E-state index in [0.29, 0.717) is 13.0 Å². The molecule has 0 aromatic carbocycles. The Kier molecular flexibility index (Phi) is 17.6. The normalized spacial score (nSPS) is 10.6. The van der Waals surface area contributed by atoms with Gasteiger partial charge in [-0.2, -0.15) is 0 Å². The summed E-state index contributed by atoms with van der Waals surface area (Å²) in [4.78, 5) is 11.4. The van der Waals surface area contributed by atoms with Crippen molar-refractivity contribution in [2.75, 3.05) is 6.61 Å². The molecule has 0 spiro atoms. The van der Waals surface area contributed by atoms with Crippen LogP contribution in [-0.4, -0.2) is 12.6 Å². The molecule has 0 radical (unpaired) electrons. The molecule has 0 aromatic rings. The molecule has 0 aliphatic carbocycles. The summed E-state index contributed by atoms with van der Waals surface area (Å²) in [6, 6.07) is 0. The molecule has 22 heavy (non-hydrogen) atoms. The first-order chi connectivity index (χ1) is 10.8. The van der Waals surface area contributed by atoms with Gasteiger partial charge < -0.3 is 4.74 Å². The minimum Gasteiger partial charge on any atom is -0.465 e. The zero-order valence-corrected chi connectivity index (χ0v) is 14.9. The molecule has 0 saturated heterocycles. The van der Waals surface area contributed by atoms with Crippen LogP contribution in [0.25, 0.3) is 0 Å². The molecule has 0 N–H and O–H groups in total. The molecular weight excluding hydrogens is 272 g/mol. The summed E-state index contributed by atoms with van der Waals surface area (Å²) in [6.07, 6.45) is 20.4. The third kappa shape index (κ3) is 17.3. The molecule has 0 bridgehead atoms. The highest BCUT2D eigenvalue weighted by Crippen LogP contribution is 2.13. The first-order valence-corrected chi connectivity index (χ1v) is 9.57. The van der Waals surface area contributed by atoms with Crippen molar-refractivity contribution in [3.8, 4) is 0 Å². The van der Waals surface area contributed by atoms with Gasteiger partial charge in [-0.3, -0.25) is 4.79 Å². The van der Waals surface area contributed by atoms with Gasteiger partial charge in [0.05, 0.1) is 6.61 Å². The molecule has 0 heterocycles. The second kappa shape index (κ2) is 18.3. The van der Waals surface area contributed by atoms with Crippen molar-refractivity contribution in [2.24, 2.45) is 0 Å². The predicted molar refractivity (Wildman–Crippen MR) is 96.1 cm³/mol. The quantitative estimate of drug-likeness (QED) is 0.172. The number of hydrogen-bond acceptors (Lipinski definition) is 2. The Hall–Kier alpha value is -0.790. The van der Waals surface area contributed by atoms with E-state index in [-0.39, 0.29) is 5.97 Å². The number of ether oxygens (including phenoxy) is 1. The first-order valence-electron chi connectivity index (χ1n) is 9.57. The van der Waals surface area contributed by atoms with Crippen molar-refractivity contribution in [3.05, 3.63) is 12.7 Å². The van der Waals surface area contributed by atoms with Crippen LogP contribution in [0.2, 0.25) is 0 Å². The summed E-state index contributed by atoms with van der Waals surface area (Å²) in [5.74, 6) is -0.0510. The summed E-state index contributed by atoms with van der Waals surface area (Å²) in [7, 11) is 0. The Labute approximate surface area is 138 Å². The maximum absolute atomic E-state index is 11.4. The fraction of sp³-hybridized carbons (Fsp3) is 0.850. The van der Waals surface area contributed by atoms with Crippen molar-refractivity contribution >= 4 is 5.97 Å². The third-order valence-corrected chi connectivity index (χ3v) is 4.07. The smallest absolute Gasteiger partial charge is 0.305 e. The predicted octanol–water partition coefficient (Wildman–Crippen LogP) is 6.59. The summed E-state index contributed by atoms with van der Waals surface area (Å²) in [5.41, 5.74) is 0. The molecule has 0 aromatic heterocycles. The van der Waals surface area contributed by atoms with Gasteiger partial charge in [0.25, 0.3) is 0 Å². The Bertz CT molecular complexity index is 248. The zero-order chi connectivity index (χ0) is 16.3. The van der Waals surface area contributed by atoms with Crippen molar-refractivity contribution in [1.29, 1.82) is 0 Å². The van der Waals surface area contributed by atoms with E-state index in [4.69, 9.17) is 4.74 Å². The summed E-state index contributed by atoms with van der Waals surface area (Å²) < 4.78 is 5.08. The number of rotatable bonds is 17. The van der Waals surface area contributed by atoms with Gasteiger partial charge in [-0.25, -0.2) is 0 Å². The fourth-order valence-electron chi connectivity index (χ4n) is 2.62. The lowest BCUT2D eigenvalue weighted by atomic mass is 10.0. The van der Waals surface area contributed by atoms with Crippen molar-refractivity contribution in [1.82, 2.24) is 0 Å². The molecule has 0 saturated carbocycles. The van der Waals surface area contributed by atoms with Crippen molar-refractivity contribution < 1.29 is 9.53 Å². The molecule has 0 fully saturated rings. The molecule has 0 aliphatic rings. The number of carbonyl (C=O) groups excluding carboxylic acids is 1. The standard InChI is InChI=1S/C20H38O2/c1-3-5-7-8-9-10-11-12-13-14-15-16-17-18-20(21)22-19-6-4-2/h4H,2-3,5-19H2,1H3. The van der Waals surface area contributed by atoms with Gasteiger partial charge in [-0.15, -0.1) is 6.58 Å². The maximum Gasteiger partial charge on any atom is 0.305 e. The Morgan fingerprint density at radius 2 is 1.27 bits per heavy atom. The highest BCUT2D eigenvalue weighted by atomic mass is 16.5. The van der Waals surface area contributed by atoms with Crippen molar-refractivity contribution in [3.63, 3.8) is 0 Å². The highest BCUT2D eigenvalue weighted by molar-refractivity contribution is 5.69. The number of hydrogen-bond donors (Lipinski definition) is 0. The van der Waals surface area contributed by atoms with Crippen LogP contribution in [0.3, 0.4) is 0 Å². The van der Waals surface area contributed by atoms with Gasteiger partial charge in [-0.1, -0.05) is 90.0 Å². The van der Waals surface area contributed by atoms with Crippen LogP contribution in [0.4, 0.5) is 0 Å². The lowest BCUT2D eigenvalue weighted by Gasteiger charge is -2.04. The molecule has 2 nitrogen and oxygen atoms in total. The van der Waals surface area contributed by atoms with Crippen LogP contribution < -0.4 is 0 Å². The average molecular weight is 311 g/mol. The van der Waals surface area contributed by atoms with Crippen LogP contribution >= 0.6 is 0 Å². The van der Waals surface area contributed by atoms with E-state index >= 15 is 0 Å². The van der Waals surface area contributed by atoms with E-state index in [1.165, 1.54) is 70.6 Å². The molecule has 2 heteroatoms. The average Bonchev–Trinajstić information content (AvgIpc) is 2.52. The molecule has 0 rings (SSSR count). The van der Waals surface area contributed by atoms with Gasteiger partial charge in [-0.05, 0) is 12.8 Å². The lowest BCUT2D eigenvalue weighted by molar-refractivity contribution is -0.143. The lowest BCUT2D eigenvalue weighted by Crippen LogP contribution is -2.04. The van der Waals surface area contributed by atoms with E-state index in [2.05, 4.69) is 13.5 Å². The molecule has 130 valence electrons. The van der Waals surface area contributed by atoms with E-state index in [0.717, 1.165) is 19.3 Å². The van der Waals surface area contributed by atoms with Crippen LogP contribution in [0, 0.1) is 0 Å². The van der Waals surface area contributed by atoms with E-state index in [9.17, 15) is 4.79 Å². The SMILES string of the molecule is C=CCCOC(=O)CCCCCCCCCCCCCCC. The number of unbranched alkanes of at least 4 members (excludes halogenated alkanes) is 12. The largest absolute Gasteiger partial charge is 0.465 e. The number of carbonyl (C=O) groups is 1. The van der Waals surface area contributed by atoms with Gasteiger partial charge in [0, 0.05) is 6.42 Å². The molecule has 0 amide bonds. The van der Waals surface area contributed by atoms with Gasteiger partial charge in [0.2, 0.25) is 0 Å². The monoisotopic (exact) mass is 310 g/mol. The minimum absolute atomic E-state index is 0.0510. The van der Waals surface area contributed by atoms with E-state index in [1.54, 1.807) is 6.08 Å². The minimum atomic E-state index is -0.0510. The first kappa shape index (κ1) is 21.2. The van der Waals surface area contributed by atoms with Crippen LogP contribution in [0.5, 0.6) is 0 Å².